The van der Waals surface area contributed by atoms with Gasteiger partial charge in [0.25, 0.3) is 5.91 Å². The average molecular weight is 327 g/mol. The van der Waals surface area contributed by atoms with Gasteiger partial charge in [-0.25, -0.2) is 4.79 Å². The summed E-state index contributed by atoms with van der Waals surface area (Å²) in [6.45, 7) is -0.430. The molecule has 9 heteroatoms. The van der Waals surface area contributed by atoms with E-state index in [4.69, 9.17) is 15.6 Å². The molecule has 0 spiro atoms. The zero-order valence-electron chi connectivity index (χ0n) is 11.6. The van der Waals surface area contributed by atoms with Crippen LogP contribution < -0.4 is 15.8 Å². The number of hydrogen-bond acceptors (Lipinski definition) is 3. The highest BCUT2D eigenvalue weighted by Crippen LogP contribution is 2.21. The lowest BCUT2D eigenvalue weighted by atomic mass is 10.2. The van der Waals surface area contributed by atoms with Crippen molar-refractivity contribution in [3.05, 3.63) is 30.0 Å². The Bertz CT molecular complexity index is 726. The number of carboxylic acid groups (broad SMARTS) is 1. The van der Waals surface area contributed by atoms with Gasteiger partial charge in [-0.1, -0.05) is 0 Å². The number of benzene rings is 1. The number of aliphatic imine (C=N–C) groups is 1. The summed E-state index contributed by atoms with van der Waals surface area (Å²) in [7, 11) is 1.56. The molecule has 0 radical (unpaired) electrons. The third kappa shape index (κ3) is 4.13. The molecule has 22 heavy (non-hydrogen) atoms. The van der Waals surface area contributed by atoms with Crippen LogP contribution in [0.2, 0.25) is 0 Å². The summed E-state index contributed by atoms with van der Waals surface area (Å²) in [4.78, 5) is 28.8. The number of aromatic amines is 1. The Balaban J connectivity index is 0.00000242. The first-order valence-corrected chi connectivity index (χ1v) is 6.03. The van der Waals surface area contributed by atoms with Crippen LogP contribution in [0.3, 0.4) is 0 Å². The number of guanidine groups is 1. The lowest BCUT2D eigenvalue weighted by molar-refractivity contribution is -0.139. The molecule has 2 aromatic rings. The third-order valence-electron chi connectivity index (χ3n) is 2.66. The Labute approximate surface area is 131 Å². The van der Waals surface area contributed by atoms with E-state index < -0.39 is 18.5 Å². The molecular weight excluding hydrogens is 312 g/mol. The van der Waals surface area contributed by atoms with E-state index in [0.717, 1.165) is 5.39 Å². The van der Waals surface area contributed by atoms with Crippen molar-refractivity contribution in [1.82, 2.24) is 10.3 Å². The highest BCUT2D eigenvalue weighted by molar-refractivity contribution is 6.04. The summed E-state index contributed by atoms with van der Waals surface area (Å²) < 4.78 is 5.07. The van der Waals surface area contributed by atoms with Crippen LogP contribution >= 0.6 is 12.4 Å². The Morgan fingerprint density at radius 1 is 1.41 bits per heavy atom. The van der Waals surface area contributed by atoms with Crippen molar-refractivity contribution in [3.63, 3.8) is 0 Å². The molecular formula is C13H15ClN4O4. The quantitative estimate of drug-likeness (QED) is 0.484. The second kappa shape index (κ2) is 7.32. The minimum absolute atomic E-state index is 0. The van der Waals surface area contributed by atoms with Crippen molar-refractivity contribution in [2.45, 2.75) is 0 Å². The smallest absolute Gasteiger partial charge is 0.341 e. The monoisotopic (exact) mass is 326 g/mol. The molecule has 1 aromatic carbocycles. The fraction of sp³-hybridized carbons (Fsp3) is 0.154. The summed E-state index contributed by atoms with van der Waals surface area (Å²) in [6, 6.07) is 6.58. The van der Waals surface area contributed by atoms with Crippen molar-refractivity contribution < 1.29 is 19.4 Å². The molecule has 0 fully saturated rings. The number of nitrogens with two attached hydrogens (primary N) is 1. The van der Waals surface area contributed by atoms with Gasteiger partial charge in [-0.15, -0.1) is 12.4 Å². The molecule has 2 rings (SSSR count). The predicted octanol–water partition coefficient (Wildman–Crippen LogP) is 0.727. The van der Waals surface area contributed by atoms with Gasteiger partial charge in [0.15, 0.2) is 12.6 Å². The van der Waals surface area contributed by atoms with Crippen LogP contribution in [0.5, 0.6) is 5.75 Å². The number of carbonyl (C=O) groups is 2. The lowest BCUT2D eigenvalue weighted by Gasteiger charge is -2.02. The van der Waals surface area contributed by atoms with Crippen LogP contribution in [0.15, 0.2) is 29.3 Å². The number of carbonyl (C=O) groups excluding carboxylic acids is 1. The number of halogens is 1. The SMILES string of the molecule is CNC(N)=NC(=O)c1cc2ccc(OCC(=O)O)cc2[nH]1.Cl. The molecule has 0 aliphatic carbocycles. The maximum Gasteiger partial charge on any atom is 0.341 e. The molecule has 0 bridgehead atoms. The van der Waals surface area contributed by atoms with Gasteiger partial charge in [-0.2, -0.15) is 4.99 Å². The van der Waals surface area contributed by atoms with Gasteiger partial charge < -0.3 is 25.9 Å². The van der Waals surface area contributed by atoms with Gasteiger partial charge in [0.05, 0.1) is 0 Å². The molecule has 0 atom stereocenters. The summed E-state index contributed by atoms with van der Waals surface area (Å²) >= 11 is 0. The molecule has 0 aliphatic rings. The molecule has 1 aromatic heterocycles. The largest absolute Gasteiger partial charge is 0.482 e. The number of nitrogens with zero attached hydrogens (tertiary/aromatic N) is 1. The first-order valence-electron chi connectivity index (χ1n) is 6.03. The van der Waals surface area contributed by atoms with Crippen LogP contribution in [0, 0.1) is 0 Å². The fourth-order valence-electron chi connectivity index (χ4n) is 1.68. The molecule has 0 saturated heterocycles. The van der Waals surface area contributed by atoms with Gasteiger partial charge in [0.2, 0.25) is 0 Å². The van der Waals surface area contributed by atoms with Crippen LogP contribution in [-0.4, -0.2) is 41.6 Å². The Morgan fingerprint density at radius 3 is 2.77 bits per heavy atom. The number of rotatable bonds is 4. The number of hydrogen-bond donors (Lipinski definition) is 4. The summed E-state index contributed by atoms with van der Waals surface area (Å²) in [5, 5.41) is 11.9. The maximum absolute atomic E-state index is 11.8. The van der Waals surface area contributed by atoms with E-state index in [1.54, 1.807) is 31.3 Å². The van der Waals surface area contributed by atoms with E-state index in [2.05, 4.69) is 15.3 Å². The van der Waals surface area contributed by atoms with Crippen LogP contribution in [-0.2, 0) is 4.79 Å². The Kier molecular flexibility index (Phi) is 5.76. The number of nitrogens with one attached hydrogen (secondary N) is 2. The van der Waals surface area contributed by atoms with Gasteiger partial charge in [-0.05, 0) is 18.2 Å². The normalized spacial score (nSPS) is 10.9. The number of ether oxygens (including phenoxy) is 1. The second-order valence-electron chi connectivity index (χ2n) is 4.17. The van der Waals surface area contributed by atoms with Crippen molar-refractivity contribution in [2.24, 2.45) is 10.7 Å². The highest BCUT2D eigenvalue weighted by atomic mass is 35.5. The van der Waals surface area contributed by atoms with E-state index in [0.29, 0.717) is 11.3 Å². The fourth-order valence-corrected chi connectivity index (χ4v) is 1.68. The average Bonchev–Trinajstić information content (AvgIpc) is 2.88. The number of H-pyrrole nitrogens is 1. The molecule has 0 aliphatic heterocycles. The first-order chi connectivity index (χ1) is 9.99. The summed E-state index contributed by atoms with van der Waals surface area (Å²) in [6.07, 6.45) is 0. The van der Waals surface area contributed by atoms with Gasteiger partial charge in [-0.3, -0.25) is 4.79 Å². The second-order valence-corrected chi connectivity index (χ2v) is 4.17. The van der Waals surface area contributed by atoms with Crippen molar-refractivity contribution >= 4 is 41.1 Å². The van der Waals surface area contributed by atoms with E-state index in [1.807, 2.05) is 0 Å². The van der Waals surface area contributed by atoms with Crippen molar-refractivity contribution in [3.8, 4) is 5.75 Å². The lowest BCUT2D eigenvalue weighted by Crippen LogP contribution is -2.28. The summed E-state index contributed by atoms with van der Waals surface area (Å²) in [5.41, 5.74) is 6.34. The van der Waals surface area contributed by atoms with Crippen molar-refractivity contribution in [1.29, 1.82) is 0 Å². The zero-order chi connectivity index (χ0) is 15.4. The number of carboxylic acids is 1. The van der Waals surface area contributed by atoms with Gasteiger partial charge >= 0.3 is 5.97 Å². The van der Waals surface area contributed by atoms with E-state index in [-0.39, 0.29) is 24.1 Å². The number of aliphatic carboxylic acids is 1. The van der Waals surface area contributed by atoms with Crippen LogP contribution in [0.4, 0.5) is 0 Å². The Hall–Kier alpha value is -2.74. The van der Waals surface area contributed by atoms with Crippen molar-refractivity contribution in [2.75, 3.05) is 13.7 Å². The number of aromatic nitrogens is 1. The maximum atomic E-state index is 11.8. The van der Waals surface area contributed by atoms with Gasteiger partial charge in [0.1, 0.15) is 11.4 Å². The number of fused-ring (bicyclic) bond motifs is 1. The first kappa shape index (κ1) is 17.3. The molecule has 118 valence electrons. The van der Waals surface area contributed by atoms with E-state index >= 15 is 0 Å². The molecule has 8 nitrogen and oxygen atoms in total. The minimum atomic E-state index is -1.06. The van der Waals surface area contributed by atoms with Gasteiger partial charge in [0, 0.05) is 24.0 Å². The van der Waals surface area contributed by atoms with Crippen LogP contribution in [0.1, 0.15) is 10.5 Å². The number of amides is 1. The standard InChI is InChI=1S/C13H14N4O4.ClH/c1-15-13(14)17-12(20)10-4-7-2-3-8(5-9(7)16-10)21-6-11(18)19;/h2-5,16H,6H2,1H3,(H,18,19)(H3,14,15,17,20);1H. The minimum Gasteiger partial charge on any atom is -0.482 e. The molecule has 5 N–H and O–H groups in total. The van der Waals surface area contributed by atoms with E-state index in [9.17, 15) is 9.59 Å². The molecule has 1 heterocycles. The molecule has 1 amide bonds. The Morgan fingerprint density at radius 2 is 2.14 bits per heavy atom. The zero-order valence-corrected chi connectivity index (χ0v) is 12.4. The topological polar surface area (TPSA) is 130 Å². The third-order valence-corrected chi connectivity index (χ3v) is 2.66. The van der Waals surface area contributed by atoms with E-state index in [1.165, 1.54) is 0 Å². The van der Waals surface area contributed by atoms with Crippen LogP contribution in [0.25, 0.3) is 10.9 Å². The summed E-state index contributed by atoms with van der Waals surface area (Å²) in [5.74, 6) is -1.16. The molecule has 0 unspecified atom stereocenters. The predicted molar refractivity (Wildman–Crippen MR) is 83.7 cm³/mol. The molecule has 0 saturated carbocycles. The highest BCUT2D eigenvalue weighted by Gasteiger charge is 2.10.